The number of nitrogens with zero attached hydrogens (tertiary/aromatic N) is 2. The van der Waals surface area contributed by atoms with Crippen LogP contribution in [0.4, 0.5) is 0 Å². The van der Waals surface area contributed by atoms with Gasteiger partial charge in [0.15, 0.2) is 12.0 Å². The molecule has 1 unspecified atom stereocenters. The summed E-state index contributed by atoms with van der Waals surface area (Å²) in [6.45, 7) is 0. The van der Waals surface area contributed by atoms with Gasteiger partial charge in [0.25, 0.3) is 0 Å². The maximum atomic E-state index is 11.1. The van der Waals surface area contributed by atoms with Crippen molar-refractivity contribution in [1.82, 2.24) is 9.97 Å². The number of aromatic nitrogens is 2. The zero-order valence-electron chi connectivity index (χ0n) is 8.79. The molecule has 0 aliphatic rings. The van der Waals surface area contributed by atoms with Gasteiger partial charge in [0.05, 0.1) is 17.4 Å². The van der Waals surface area contributed by atoms with Gasteiger partial charge >= 0.3 is 5.97 Å². The molecule has 1 heterocycles. The van der Waals surface area contributed by atoms with Crippen molar-refractivity contribution in [3.05, 3.63) is 30.1 Å². The van der Waals surface area contributed by atoms with E-state index in [0.717, 1.165) is 11.0 Å². The average Bonchev–Trinajstić information content (AvgIpc) is 2.72. The first-order chi connectivity index (χ1) is 8.08. The van der Waals surface area contributed by atoms with E-state index in [9.17, 15) is 4.79 Å². The van der Waals surface area contributed by atoms with Crippen LogP contribution in [0.25, 0.3) is 11.0 Å². The van der Waals surface area contributed by atoms with Crippen molar-refractivity contribution >= 4 is 23.0 Å². The van der Waals surface area contributed by atoms with Gasteiger partial charge in [-0.25, -0.2) is 14.8 Å². The molecule has 1 aromatic carbocycles. The molecule has 1 atom stereocenters. The summed E-state index contributed by atoms with van der Waals surface area (Å²) in [5.74, 6) is -1.38. The minimum atomic E-state index is -1.11. The third-order valence-electron chi connectivity index (χ3n) is 2.27. The summed E-state index contributed by atoms with van der Waals surface area (Å²) in [4.78, 5) is 21.7. The molecule has 6 N–H and O–H groups in total. The molecule has 1 aromatic heterocycles. The van der Waals surface area contributed by atoms with Gasteiger partial charge in [-0.05, 0) is 17.7 Å². The lowest BCUT2D eigenvalue weighted by atomic mass is 10.1. The topological polar surface area (TPSA) is 130 Å². The van der Waals surface area contributed by atoms with Crippen molar-refractivity contribution in [1.29, 1.82) is 0 Å². The van der Waals surface area contributed by atoms with Crippen LogP contribution in [0.2, 0.25) is 0 Å². The van der Waals surface area contributed by atoms with Gasteiger partial charge in [-0.3, -0.25) is 0 Å². The summed E-state index contributed by atoms with van der Waals surface area (Å²) in [7, 11) is 0. The molecule has 88 valence electrons. The zero-order chi connectivity index (χ0) is 12.4. The van der Waals surface area contributed by atoms with E-state index in [1.165, 1.54) is 6.33 Å². The van der Waals surface area contributed by atoms with Crippen molar-refractivity contribution in [2.45, 2.75) is 6.04 Å². The van der Waals surface area contributed by atoms with Crippen LogP contribution in [0.3, 0.4) is 0 Å². The van der Waals surface area contributed by atoms with Crippen LogP contribution in [0, 0.1) is 0 Å². The Bertz CT molecular complexity index is 585. The second-order valence-electron chi connectivity index (χ2n) is 3.47. The molecule has 0 radical (unpaired) electrons. The minimum absolute atomic E-state index is 0.262. The number of aromatic amines is 1. The van der Waals surface area contributed by atoms with Crippen molar-refractivity contribution in [2.75, 3.05) is 0 Å². The van der Waals surface area contributed by atoms with Crippen LogP contribution in [-0.2, 0) is 4.79 Å². The first-order valence-corrected chi connectivity index (χ1v) is 4.82. The Morgan fingerprint density at radius 2 is 2.24 bits per heavy atom. The van der Waals surface area contributed by atoms with E-state index in [0.29, 0.717) is 5.56 Å². The highest BCUT2D eigenvalue weighted by Gasteiger charge is 2.19. The Morgan fingerprint density at radius 1 is 1.47 bits per heavy atom. The fourth-order valence-corrected chi connectivity index (χ4v) is 1.54. The molecule has 2 rings (SSSR count). The smallest absolute Gasteiger partial charge is 0.333 e. The number of rotatable bonds is 3. The molecule has 17 heavy (non-hydrogen) atoms. The number of H-pyrrole nitrogens is 1. The molecule has 0 bridgehead atoms. The minimum Gasteiger partial charge on any atom is -0.479 e. The van der Waals surface area contributed by atoms with Gasteiger partial charge in [-0.15, -0.1) is 0 Å². The Labute approximate surface area is 96.2 Å². The molecular formula is C10H11N5O2. The Morgan fingerprint density at radius 3 is 2.88 bits per heavy atom. The summed E-state index contributed by atoms with van der Waals surface area (Å²) in [5, 5.41) is 9.05. The van der Waals surface area contributed by atoms with Crippen molar-refractivity contribution in [3.8, 4) is 0 Å². The number of nitrogens with two attached hydrogens (primary N) is 2. The van der Waals surface area contributed by atoms with E-state index in [2.05, 4.69) is 15.0 Å². The van der Waals surface area contributed by atoms with Crippen molar-refractivity contribution in [2.24, 2.45) is 16.5 Å². The summed E-state index contributed by atoms with van der Waals surface area (Å²) in [6, 6.07) is 3.90. The highest BCUT2D eigenvalue weighted by Crippen LogP contribution is 2.21. The lowest BCUT2D eigenvalue weighted by Gasteiger charge is -2.08. The second-order valence-corrected chi connectivity index (χ2v) is 3.47. The zero-order valence-corrected chi connectivity index (χ0v) is 8.79. The van der Waals surface area contributed by atoms with E-state index >= 15 is 0 Å². The number of aliphatic imine (C=N–C) groups is 1. The number of fused-ring (bicyclic) bond motifs is 1. The lowest BCUT2D eigenvalue weighted by Crippen LogP contribution is -2.25. The van der Waals surface area contributed by atoms with Crippen LogP contribution in [-0.4, -0.2) is 27.0 Å². The van der Waals surface area contributed by atoms with E-state index in [1.807, 2.05) is 0 Å². The maximum Gasteiger partial charge on any atom is 0.333 e. The number of aliphatic carboxylic acids is 1. The number of carboxylic acid groups (broad SMARTS) is 1. The van der Waals surface area contributed by atoms with Gasteiger partial charge in [0, 0.05) is 0 Å². The third-order valence-corrected chi connectivity index (χ3v) is 2.27. The number of nitrogens with one attached hydrogen (secondary N) is 1. The number of benzene rings is 1. The number of hydrogen-bond donors (Lipinski definition) is 4. The van der Waals surface area contributed by atoms with Gasteiger partial charge in [0.2, 0.25) is 0 Å². The van der Waals surface area contributed by atoms with Gasteiger partial charge in [-0.1, -0.05) is 6.07 Å². The monoisotopic (exact) mass is 233 g/mol. The summed E-state index contributed by atoms with van der Waals surface area (Å²) < 4.78 is 0. The van der Waals surface area contributed by atoms with Crippen LogP contribution in [0.15, 0.2) is 29.5 Å². The molecule has 0 fully saturated rings. The van der Waals surface area contributed by atoms with E-state index in [-0.39, 0.29) is 5.96 Å². The van der Waals surface area contributed by atoms with Crippen molar-refractivity contribution < 1.29 is 9.90 Å². The first kappa shape index (κ1) is 10.9. The highest BCUT2D eigenvalue weighted by atomic mass is 16.4. The van der Waals surface area contributed by atoms with Crippen LogP contribution < -0.4 is 11.5 Å². The van der Waals surface area contributed by atoms with Gasteiger partial charge < -0.3 is 21.6 Å². The fraction of sp³-hybridized carbons (Fsp3) is 0.100. The van der Waals surface area contributed by atoms with Crippen LogP contribution in [0.1, 0.15) is 11.6 Å². The third kappa shape index (κ3) is 2.17. The summed E-state index contributed by atoms with van der Waals surface area (Å²) in [5.41, 5.74) is 12.4. The molecule has 7 heteroatoms. The Hall–Kier alpha value is -2.57. The van der Waals surface area contributed by atoms with E-state index in [1.54, 1.807) is 18.2 Å². The average molecular weight is 233 g/mol. The van der Waals surface area contributed by atoms with Crippen molar-refractivity contribution in [3.63, 3.8) is 0 Å². The number of guanidine groups is 1. The van der Waals surface area contributed by atoms with Crippen LogP contribution >= 0.6 is 0 Å². The first-order valence-electron chi connectivity index (χ1n) is 4.82. The largest absolute Gasteiger partial charge is 0.479 e. The number of hydrogen-bond acceptors (Lipinski definition) is 3. The van der Waals surface area contributed by atoms with Gasteiger partial charge in [-0.2, -0.15) is 0 Å². The normalized spacial score (nSPS) is 12.2. The second kappa shape index (κ2) is 4.12. The Kier molecular flexibility index (Phi) is 2.65. The molecule has 0 saturated heterocycles. The standard InChI is InChI=1S/C10H11N5O2/c11-10(12)15-8(9(16)17)5-1-2-6-7(3-5)14-4-13-6/h1-4,8H,(H,13,14)(H,16,17)(H4,11,12,15). The predicted octanol–water partition coefficient (Wildman–Crippen LogP) is -0.0380. The van der Waals surface area contributed by atoms with Crippen LogP contribution in [0.5, 0.6) is 0 Å². The summed E-state index contributed by atoms with van der Waals surface area (Å²) in [6.07, 6.45) is 1.53. The molecule has 2 aromatic rings. The molecule has 0 aliphatic carbocycles. The number of imidazole rings is 1. The quantitative estimate of drug-likeness (QED) is 0.436. The number of carbonyl (C=O) groups is 1. The molecule has 0 aliphatic heterocycles. The lowest BCUT2D eigenvalue weighted by molar-refractivity contribution is -0.138. The highest BCUT2D eigenvalue weighted by molar-refractivity contribution is 5.84. The molecule has 0 spiro atoms. The summed E-state index contributed by atoms with van der Waals surface area (Å²) >= 11 is 0. The van der Waals surface area contributed by atoms with Gasteiger partial charge in [0.1, 0.15) is 0 Å². The van der Waals surface area contributed by atoms with E-state index in [4.69, 9.17) is 16.6 Å². The number of carboxylic acids is 1. The molecule has 0 saturated carbocycles. The molecule has 0 amide bonds. The molecule has 7 nitrogen and oxygen atoms in total. The maximum absolute atomic E-state index is 11.1. The van der Waals surface area contributed by atoms with E-state index < -0.39 is 12.0 Å². The fourth-order valence-electron chi connectivity index (χ4n) is 1.54. The molecular weight excluding hydrogens is 222 g/mol. The Balaban J connectivity index is 2.48. The predicted molar refractivity (Wildman–Crippen MR) is 62.3 cm³/mol. The SMILES string of the molecule is NC(N)=NC(C(=O)O)c1ccc2nc[nH]c2c1.